The third-order valence-electron chi connectivity index (χ3n) is 4.51. The summed E-state index contributed by atoms with van der Waals surface area (Å²) in [5.41, 5.74) is 2.72. The highest BCUT2D eigenvalue weighted by molar-refractivity contribution is 5.80. The van der Waals surface area contributed by atoms with E-state index in [2.05, 4.69) is 72.7 Å². The van der Waals surface area contributed by atoms with Gasteiger partial charge in [-0.3, -0.25) is 4.99 Å². The topological polar surface area (TPSA) is 39.7 Å². The maximum Gasteiger partial charge on any atom is 0.191 e. The second kappa shape index (κ2) is 7.63. The van der Waals surface area contributed by atoms with Gasteiger partial charge in [0.05, 0.1) is 6.04 Å². The van der Waals surface area contributed by atoms with E-state index in [4.69, 9.17) is 0 Å². The monoisotopic (exact) mass is 302 g/mol. The predicted octanol–water partition coefficient (Wildman–Crippen LogP) is 2.43. The summed E-state index contributed by atoms with van der Waals surface area (Å²) >= 11 is 0. The van der Waals surface area contributed by atoms with E-state index in [1.54, 1.807) is 0 Å². The molecule has 4 nitrogen and oxygen atoms in total. The molecule has 1 aromatic carbocycles. The van der Waals surface area contributed by atoms with Gasteiger partial charge in [-0.15, -0.1) is 0 Å². The molecule has 0 heterocycles. The van der Waals surface area contributed by atoms with Crippen LogP contribution in [0.1, 0.15) is 37.4 Å². The first kappa shape index (κ1) is 16.8. The average Bonchev–Trinajstić information content (AvgIpc) is 3.21. The standard InChI is InChI=1S/C18H30N4/c1-6-14-7-9-15(10-8-14)17(22(4)5)12-20-18(19-3)21-16-11-13(16)2/h7-10,13,16-17H,6,11-12H2,1-5H3,(H2,19,20,21). The van der Waals surface area contributed by atoms with E-state index in [-0.39, 0.29) is 0 Å². The molecule has 22 heavy (non-hydrogen) atoms. The van der Waals surface area contributed by atoms with Gasteiger partial charge >= 0.3 is 0 Å². The first-order valence-electron chi connectivity index (χ1n) is 8.27. The minimum absolute atomic E-state index is 0.334. The zero-order valence-corrected chi connectivity index (χ0v) is 14.6. The van der Waals surface area contributed by atoms with Crippen molar-refractivity contribution in [1.82, 2.24) is 15.5 Å². The zero-order chi connectivity index (χ0) is 16.1. The predicted molar refractivity (Wildman–Crippen MR) is 94.3 cm³/mol. The lowest BCUT2D eigenvalue weighted by molar-refractivity contribution is 0.298. The molecule has 122 valence electrons. The van der Waals surface area contributed by atoms with Crippen LogP contribution in [0.5, 0.6) is 0 Å². The molecule has 0 bridgehead atoms. The molecule has 3 atom stereocenters. The lowest BCUT2D eigenvalue weighted by Crippen LogP contribution is -2.42. The molecule has 1 saturated carbocycles. The van der Waals surface area contributed by atoms with Crippen molar-refractivity contribution in [2.24, 2.45) is 10.9 Å². The number of nitrogens with one attached hydrogen (secondary N) is 2. The fourth-order valence-electron chi connectivity index (χ4n) is 2.66. The van der Waals surface area contributed by atoms with Crippen LogP contribution in [-0.2, 0) is 6.42 Å². The lowest BCUT2D eigenvalue weighted by atomic mass is 10.0. The third kappa shape index (κ3) is 4.47. The number of nitrogens with zero attached hydrogens (tertiary/aromatic N) is 2. The highest BCUT2D eigenvalue weighted by Crippen LogP contribution is 2.28. The second-order valence-corrected chi connectivity index (χ2v) is 6.49. The molecule has 0 amide bonds. The van der Waals surface area contributed by atoms with E-state index in [0.29, 0.717) is 12.1 Å². The molecule has 0 aliphatic heterocycles. The summed E-state index contributed by atoms with van der Waals surface area (Å²) in [7, 11) is 6.08. The number of rotatable bonds is 6. The van der Waals surface area contributed by atoms with Gasteiger partial charge in [0.25, 0.3) is 0 Å². The fourth-order valence-corrected chi connectivity index (χ4v) is 2.66. The van der Waals surface area contributed by atoms with Crippen LogP contribution in [0.25, 0.3) is 0 Å². The molecular weight excluding hydrogens is 272 g/mol. The van der Waals surface area contributed by atoms with E-state index >= 15 is 0 Å². The maximum absolute atomic E-state index is 4.33. The van der Waals surface area contributed by atoms with Crippen molar-refractivity contribution in [1.29, 1.82) is 0 Å². The first-order valence-corrected chi connectivity index (χ1v) is 8.27. The summed E-state index contributed by atoms with van der Waals surface area (Å²) < 4.78 is 0. The van der Waals surface area contributed by atoms with Crippen LogP contribution in [0.4, 0.5) is 0 Å². The molecule has 0 radical (unpaired) electrons. The number of guanidine groups is 1. The van der Waals surface area contributed by atoms with Crippen molar-refractivity contribution in [3.05, 3.63) is 35.4 Å². The average molecular weight is 302 g/mol. The second-order valence-electron chi connectivity index (χ2n) is 6.49. The van der Waals surface area contributed by atoms with E-state index in [0.717, 1.165) is 24.8 Å². The van der Waals surface area contributed by atoms with Crippen LogP contribution in [0.2, 0.25) is 0 Å². The summed E-state index contributed by atoms with van der Waals surface area (Å²) in [6, 6.07) is 9.86. The molecule has 4 heteroatoms. The smallest absolute Gasteiger partial charge is 0.191 e. The quantitative estimate of drug-likeness (QED) is 0.626. The van der Waals surface area contributed by atoms with Crippen LogP contribution in [0.3, 0.4) is 0 Å². The number of aliphatic imine (C=N–C) groups is 1. The third-order valence-corrected chi connectivity index (χ3v) is 4.51. The molecule has 2 N–H and O–H groups in total. The SMILES string of the molecule is CCc1ccc(C(CNC(=NC)NC2CC2C)N(C)C)cc1. The summed E-state index contributed by atoms with van der Waals surface area (Å²) in [6.45, 7) is 5.30. The van der Waals surface area contributed by atoms with Gasteiger partial charge < -0.3 is 15.5 Å². The minimum atomic E-state index is 0.334. The van der Waals surface area contributed by atoms with Crippen LogP contribution < -0.4 is 10.6 Å². The van der Waals surface area contributed by atoms with E-state index in [1.807, 2.05) is 7.05 Å². The van der Waals surface area contributed by atoms with Crippen LogP contribution in [-0.4, -0.2) is 44.6 Å². The van der Waals surface area contributed by atoms with Gasteiger partial charge in [-0.25, -0.2) is 0 Å². The number of hydrogen-bond acceptors (Lipinski definition) is 2. The fraction of sp³-hybridized carbons (Fsp3) is 0.611. The van der Waals surface area contributed by atoms with Crippen LogP contribution in [0.15, 0.2) is 29.3 Å². The van der Waals surface area contributed by atoms with Gasteiger partial charge in [0.1, 0.15) is 0 Å². The summed E-state index contributed by atoms with van der Waals surface area (Å²) in [4.78, 5) is 6.58. The number of likely N-dealkylation sites (N-methyl/N-ethyl adjacent to an activating group) is 1. The first-order chi connectivity index (χ1) is 10.5. The molecule has 0 aromatic heterocycles. The molecule has 1 aromatic rings. The Kier molecular flexibility index (Phi) is 5.83. The number of hydrogen-bond donors (Lipinski definition) is 2. The van der Waals surface area contributed by atoms with Crippen molar-refractivity contribution < 1.29 is 0 Å². The summed E-state index contributed by atoms with van der Waals surface area (Å²) in [5.74, 6) is 1.68. The molecule has 2 rings (SSSR count). The number of benzene rings is 1. The Bertz CT molecular complexity index is 492. The molecule has 0 saturated heterocycles. The van der Waals surface area contributed by atoms with Crippen molar-refractivity contribution in [2.75, 3.05) is 27.7 Å². The molecule has 1 aliphatic carbocycles. The van der Waals surface area contributed by atoms with Gasteiger partial charge in [0.2, 0.25) is 0 Å². The van der Waals surface area contributed by atoms with Gasteiger partial charge in [0, 0.05) is 19.6 Å². The van der Waals surface area contributed by atoms with Gasteiger partial charge in [-0.2, -0.15) is 0 Å². The van der Waals surface area contributed by atoms with E-state index < -0.39 is 0 Å². The van der Waals surface area contributed by atoms with E-state index in [1.165, 1.54) is 17.5 Å². The van der Waals surface area contributed by atoms with Crippen LogP contribution >= 0.6 is 0 Å². The van der Waals surface area contributed by atoms with Crippen LogP contribution in [0, 0.1) is 5.92 Å². The normalized spacial score (nSPS) is 22.5. The van der Waals surface area contributed by atoms with E-state index in [9.17, 15) is 0 Å². The Morgan fingerprint density at radius 2 is 1.95 bits per heavy atom. The van der Waals surface area contributed by atoms with Crippen molar-refractivity contribution in [3.63, 3.8) is 0 Å². The van der Waals surface area contributed by atoms with Gasteiger partial charge in [-0.05, 0) is 44.0 Å². The van der Waals surface area contributed by atoms with Crippen molar-refractivity contribution >= 4 is 5.96 Å². The Labute approximate surface area is 135 Å². The molecule has 3 unspecified atom stereocenters. The minimum Gasteiger partial charge on any atom is -0.354 e. The molecule has 0 spiro atoms. The summed E-state index contributed by atoms with van der Waals surface area (Å²) in [6.07, 6.45) is 2.33. The largest absolute Gasteiger partial charge is 0.354 e. The van der Waals surface area contributed by atoms with Crippen molar-refractivity contribution in [2.45, 2.75) is 38.8 Å². The molecule has 1 aliphatic rings. The highest BCUT2D eigenvalue weighted by Gasteiger charge is 2.33. The Morgan fingerprint density at radius 1 is 1.32 bits per heavy atom. The summed E-state index contributed by atoms with van der Waals surface area (Å²) in [5, 5.41) is 6.94. The lowest BCUT2D eigenvalue weighted by Gasteiger charge is -2.26. The Balaban J connectivity index is 1.95. The van der Waals surface area contributed by atoms with Gasteiger partial charge in [-0.1, -0.05) is 38.1 Å². The maximum atomic E-state index is 4.33. The molecule has 1 fully saturated rings. The van der Waals surface area contributed by atoms with Gasteiger partial charge in [0.15, 0.2) is 5.96 Å². The number of aryl methyl sites for hydroxylation is 1. The Hall–Kier alpha value is -1.55. The van der Waals surface area contributed by atoms with Crippen molar-refractivity contribution in [3.8, 4) is 0 Å². The highest BCUT2D eigenvalue weighted by atomic mass is 15.2. The Morgan fingerprint density at radius 3 is 2.41 bits per heavy atom. The molecular formula is C18H30N4. The zero-order valence-electron chi connectivity index (χ0n) is 14.6.